The Balaban J connectivity index is 2.46. The second kappa shape index (κ2) is 5.36. The molecule has 0 bridgehead atoms. The van der Waals surface area contributed by atoms with Gasteiger partial charge in [-0.2, -0.15) is 0 Å². The fourth-order valence-corrected chi connectivity index (χ4v) is 1.23. The number of rotatable bonds is 5. The summed E-state index contributed by atoms with van der Waals surface area (Å²) in [5.74, 6) is -0.833. The van der Waals surface area contributed by atoms with Crippen molar-refractivity contribution in [1.29, 1.82) is 0 Å². The zero-order valence-electron chi connectivity index (χ0n) is 9.03. The molecule has 4 nitrogen and oxygen atoms in total. The highest BCUT2D eigenvalue weighted by Gasteiger charge is 1.98. The Bertz CT molecular complexity index is 320. The van der Waals surface area contributed by atoms with Gasteiger partial charge in [0, 0.05) is 26.3 Å². The molecule has 1 rings (SSSR count). The highest BCUT2D eigenvalue weighted by atomic mass is 16.4. The van der Waals surface area contributed by atoms with E-state index >= 15 is 0 Å². The molecule has 0 atom stereocenters. The van der Waals surface area contributed by atoms with Crippen molar-refractivity contribution < 1.29 is 9.90 Å². The molecule has 0 heterocycles. The maximum atomic E-state index is 10.3. The first kappa shape index (κ1) is 11.5. The summed E-state index contributed by atoms with van der Waals surface area (Å²) in [5.41, 5.74) is 2.22. The van der Waals surface area contributed by atoms with Crippen molar-refractivity contribution >= 4 is 11.7 Å². The van der Waals surface area contributed by atoms with Gasteiger partial charge < -0.3 is 15.3 Å². The molecular weight excluding hydrogens is 192 g/mol. The molecule has 0 unspecified atom stereocenters. The van der Waals surface area contributed by atoms with Gasteiger partial charge in [-0.1, -0.05) is 12.1 Å². The van der Waals surface area contributed by atoms with Crippen LogP contribution in [0.4, 0.5) is 5.69 Å². The van der Waals surface area contributed by atoms with Gasteiger partial charge in [-0.25, -0.2) is 0 Å². The van der Waals surface area contributed by atoms with Crippen LogP contribution < -0.4 is 10.2 Å². The summed E-state index contributed by atoms with van der Waals surface area (Å²) >= 11 is 0. The smallest absolute Gasteiger partial charge is 0.317 e. The molecule has 82 valence electrons. The van der Waals surface area contributed by atoms with Crippen LogP contribution >= 0.6 is 0 Å². The Kier molecular flexibility index (Phi) is 4.12. The Hall–Kier alpha value is -1.55. The van der Waals surface area contributed by atoms with Gasteiger partial charge in [0.05, 0.1) is 6.54 Å². The maximum absolute atomic E-state index is 10.3. The molecule has 0 aromatic heterocycles. The van der Waals surface area contributed by atoms with Crippen LogP contribution in [0, 0.1) is 0 Å². The third-order valence-electron chi connectivity index (χ3n) is 2.06. The van der Waals surface area contributed by atoms with E-state index in [0.717, 1.165) is 11.3 Å². The number of carboxylic acid groups (broad SMARTS) is 1. The monoisotopic (exact) mass is 208 g/mol. The van der Waals surface area contributed by atoms with E-state index in [1.165, 1.54) is 0 Å². The lowest BCUT2D eigenvalue weighted by Gasteiger charge is -2.12. The SMILES string of the molecule is CN(C)c1ccc(CNCC(=O)O)cc1. The zero-order chi connectivity index (χ0) is 11.3. The molecule has 0 radical (unpaired) electrons. The molecule has 0 aliphatic carbocycles. The zero-order valence-corrected chi connectivity index (χ0v) is 9.03. The van der Waals surface area contributed by atoms with Gasteiger partial charge in [-0.3, -0.25) is 4.79 Å². The summed E-state index contributed by atoms with van der Waals surface area (Å²) in [5, 5.41) is 11.3. The summed E-state index contributed by atoms with van der Waals surface area (Å²) in [7, 11) is 3.97. The van der Waals surface area contributed by atoms with Gasteiger partial charge in [0.2, 0.25) is 0 Å². The minimum atomic E-state index is -0.833. The molecule has 0 spiro atoms. The van der Waals surface area contributed by atoms with E-state index in [4.69, 9.17) is 5.11 Å². The number of aliphatic carboxylic acids is 1. The third kappa shape index (κ3) is 3.99. The van der Waals surface area contributed by atoms with Crippen molar-refractivity contribution in [3.05, 3.63) is 29.8 Å². The number of hydrogen-bond acceptors (Lipinski definition) is 3. The van der Waals surface area contributed by atoms with Crippen molar-refractivity contribution in [2.24, 2.45) is 0 Å². The van der Waals surface area contributed by atoms with Gasteiger partial charge in [0.25, 0.3) is 0 Å². The van der Waals surface area contributed by atoms with Crippen molar-refractivity contribution in [2.75, 3.05) is 25.5 Å². The first-order valence-corrected chi connectivity index (χ1v) is 4.78. The van der Waals surface area contributed by atoms with Crippen LogP contribution in [0.25, 0.3) is 0 Å². The average Bonchev–Trinajstić information content (AvgIpc) is 2.18. The first-order chi connectivity index (χ1) is 7.09. The van der Waals surface area contributed by atoms with E-state index in [9.17, 15) is 4.79 Å². The molecule has 0 aliphatic rings. The Morgan fingerprint density at radius 2 is 1.93 bits per heavy atom. The van der Waals surface area contributed by atoms with Crippen molar-refractivity contribution in [3.63, 3.8) is 0 Å². The fourth-order valence-electron chi connectivity index (χ4n) is 1.23. The second-order valence-electron chi connectivity index (χ2n) is 3.56. The van der Waals surface area contributed by atoms with Crippen LogP contribution in [0.3, 0.4) is 0 Å². The molecule has 0 aliphatic heterocycles. The van der Waals surface area contributed by atoms with E-state index in [1.54, 1.807) is 0 Å². The average molecular weight is 208 g/mol. The number of anilines is 1. The molecule has 15 heavy (non-hydrogen) atoms. The lowest BCUT2D eigenvalue weighted by atomic mass is 10.2. The molecule has 0 amide bonds. The van der Waals surface area contributed by atoms with E-state index < -0.39 is 5.97 Å². The van der Waals surface area contributed by atoms with Gasteiger partial charge in [-0.05, 0) is 17.7 Å². The summed E-state index contributed by atoms with van der Waals surface area (Å²) in [6.07, 6.45) is 0. The predicted octanol–water partition coefficient (Wildman–Crippen LogP) is 0.927. The second-order valence-corrected chi connectivity index (χ2v) is 3.56. The largest absolute Gasteiger partial charge is 0.480 e. The van der Waals surface area contributed by atoms with E-state index in [-0.39, 0.29) is 6.54 Å². The summed E-state index contributed by atoms with van der Waals surface area (Å²) in [6, 6.07) is 8.00. The summed E-state index contributed by atoms with van der Waals surface area (Å²) in [6.45, 7) is 0.579. The Morgan fingerprint density at radius 3 is 2.40 bits per heavy atom. The molecule has 1 aromatic carbocycles. The predicted molar refractivity (Wildman–Crippen MR) is 60.1 cm³/mol. The van der Waals surface area contributed by atoms with Crippen LogP contribution in [-0.4, -0.2) is 31.7 Å². The van der Waals surface area contributed by atoms with Crippen molar-refractivity contribution in [3.8, 4) is 0 Å². The number of carbonyl (C=O) groups is 1. The quantitative estimate of drug-likeness (QED) is 0.755. The van der Waals surface area contributed by atoms with Crippen LogP contribution in [0.5, 0.6) is 0 Å². The summed E-state index contributed by atoms with van der Waals surface area (Å²) < 4.78 is 0. The van der Waals surface area contributed by atoms with E-state index in [0.29, 0.717) is 6.54 Å². The molecule has 0 fully saturated rings. The van der Waals surface area contributed by atoms with Crippen LogP contribution in [0.1, 0.15) is 5.56 Å². The van der Waals surface area contributed by atoms with E-state index in [2.05, 4.69) is 5.32 Å². The molecule has 1 aromatic rings. The molecule has 0 saturated heterocycles. The minimum absolute atomic E-state index is 0.00453. The number of nitrogens with zero attached hydrogens (tertiary/aromatic N) is 1. The summed E-state index contributed by atoms with van der Waals surface area (Å²) in [4.78, 5) is 12.3. The molecular formula is C11H16N2O2. The van der Waals surface area contributed by atoms with Crippen LogP contribution in [0.15, 0.2) is 24.3 Å². The topological polar surface area (TPSA) is 52.6 Å². The maximum Gasteiger partial charge on any atom is 0.317 e. The lowest BCUT2D eigenvalue weighted by molar-refractivity contribution is -0.135. The van der Waals surface area contributed by atoms with Gasteiger partial charge in [-0.15, -0.1) is 0 Å². The molecule has 4 heteroatoms. The fraction of sp³-hybridized carbons (Fsp3) is 0.364. The highest BCUT2D eigenvalue weighted by Crippen LogP contribution is 2.11. The van der Waals surface area contributed by atoms with Gasteiger partial charge >= 0.3 is 5.97 Å². The van der Waals surface area contributed by atoms with Crippen molar-refractivity contribution in [1.82, 2.24) is 5.32 Å². The number of carboxylic acids is 1. The number of benzene rings is 1. The highest BCUT2D eigenvalue weighted by molar-refractivity contribution is 5.69. The molecule has 2 N–H and O–H groups in total. The third-order valence-corrected chi connectivity index (χ3v) is 2.06. The van der Waals surface area contributed by atoms with Crippen LogP contribution in [-0.2, 0) is 11.3 Å². The standard InChI is InChI=1S/C11H16N2O2/c1-13(2)10-5-3-9(4-6-10)7-12-8-11(14)15/h3-6,12H,7-8H2,1-2H3,(H,14,15). The number of nitrogens with one attached hydrogen (secondary N) is 1. The van der Waals surface area contributed by atoms with Gasteiger partial charge in [0.1, 0.15) is 0 Å². The van der Waals surface area contributed by atoms with Crippen molar-refractivity contribution in [2.45, 2.75) is 6.54 Å². The normalized spacial score (nSPS) is 10.0. The van der Waals surface area contributed by atoms with Crippen LogP contribution in [0.2, 0.25) is 0 Å². The minimum Gasteiger partial charge on any atom is -0.480 e. The Labute approximate surface area is 89.5 Å². The Morgan fingerprint density at radius 1 is 1.33 bits per heavy atom. The number of hydrogen-bond donors (Lipinski definition) is 2. The van der Waals surface area contributed by atoms with Gasteiger partial charge in [0.15, 0.2) is 0 Å². The first-order valence-electron chi connectivity index (χ1n) is 4.78. The molecule has 0 saturated carbocycles. The van der Waals surface area contributed by atoms with E-state index in [1.807, 2.05) is 43.3 Å². The lowest BCUT2D eigenvalue weighted by Crippen LogP contribution is -2.21.